The monoisotopic (exact) mass is 292 g/mol. The summed E-state index contributed by atoms with van der Waals surface area (Å²) in [5, 5.41) is 4.38. The molecule has 1 aliphatic heterocycles. The van der Waals surface area contributed by atoms with Gasteiger partial charge in [-0.1, -0.05) is 12.1 Å². The highest BCUT2D eigenvalue weighted by atomic mass is 79.9. The zero-order valence-corrected chi connectivity index (χ0v) is 10.9. The number of pyridine rings is 1. The second-order valence-corrected chi connectivity index (χ2v) is 5.30. The lowest BCUT2D eigenvalue weighted by Crippen LogP contribution is -2.18. The number of halogens is 1. The van der Waals surface area contributed by atoms with Crippen molar-refractivity contribution in [1.82, 2.24) is 10.3 Å². The van der Waals surface area contributed by atoms with Gasteiger partial charge in [0.25, 0.3) is 5.56 Å². The molecule has 0 spiro atoms. The van der Waals surface area contributed by atoms with Gasteiger partial charge in [-0.05, 0) is 46.4 Å². The highest BCUT2D eigenvalue weighted by Gasteiger charge is 2.20. The topological polar surface area (TPSA) is 44.9 Å². The minimum absolute atomic E-state index is 0.0399. The first kappa shape index (κ1) is 11.0. The molecule has 0 bridgehead atoms. The van der Waals surface area contributed by atoms with Gasteiger partial charge in [-0.15, -0.1) is 0 Å². The van der Waals surface area contributed by atoms with Crippen LogP contribution in [0.25, 0.3) is 10.9 Å². The summed E-state index contributed by atoms with van der Waals surface area (Å²) in [6, 6.07) is 7.98. The van der Waals surface area contributed by atoms with Crippen molar-refractivity contribution in [3.05, 3.63) is 44.7 Å². The summed E-state index contributed by atoms with van der Waals surface area (Å²) < 4.78 is 0.934. The van der Waals surface area contributed by atoms with E-state index in [0.717, 1.165) is 40.4 Å². The number of aromatic nitrogens is 1. The Hall–Kier alpha value is -1.13. The number of benzene rings is 1. The van der Waals surface area contributed by atoms with Gasteiger partial charge in [0.2, 0.25) is 0 Å². The van der Waals surface area contributed by atoms with Crippen LogP contribution in [0.15, 0.2) is 33.5 Å². The van der Waals surface area contributed by atoms with E-state index in [1.54, 1.807) is 0 Å². The third-order valence-corrected chi connectivity index (χ3v) is 4.02. The van der Waals surface area contributed by atoms with Crippen LogP contribution in [-0.4, -0.2) is 18.1 Å². The zero-order valence-electron chi connectivity index (χ0n) is 9.29. The van der Waals surface area contributed by atoms with Gasteiger partial charge in [0, 0.05) is 22.5 Å². The number of para-hydroxylation sites is 1. The Morgan fingerprint density at radius 2 is 2.24 bits per heavy atom. The Balaban J connectivity index is 2.20. The molecule has 1 fully saturated rings. The number of rotatable bonds is 1. The summed E-state index contributed by atoms with van der Waals surface area (Å²) in [4.78, 5) is 15.0. The number of hydrogen-bond acceptors (Lipinski definition) is 2. The minimum Gasteiger partial charge on any atom is -0.321 e. The first-order valence-electron chi connectivity index (χ1n) is 5.78. The number of fused-ring (bicyclic) bond motifs is 1. The van der Waals surface area contributed by atoms with Crippen LogP contribution in [0.3, 0.4) is 0 Å². The normalized spacial score (nSPS) is 19.9. The standard InChI is InChI=1S/C13H13BrN2O/c14-11-3-1-2-8-6-10(9-4-5-15-7-9)13(17)16-12(8)11/h1-3,6,9,15H,4-5,7H2,(H,16,17). The molecule has 4 heteroatoms. The Labute approximate surface area is 107 Å². The predicted octanol–water partition coefficient (Wildman–Crippen LogP) is 2.37. The molecule has 0 radical (unpaired) electrons. The van der Waals surface area contributed by atoms with Crippen LogP contribution in [0, 0.1) is 0 Å². The lowest BCUT2D eigenvalue weighted by Gasteiger charge is -2.09. The molecule has 88 valence electrons. The smallest absolute Gasteiger partial charge is 0.251 e. The van der Waals surface area contributed by atoms with Crippen molar-refractivity contribution in [2.45, 2.75) is 12.3 Å². The van der Waals surface area contributed by atoms with Crippen molar-refractivity contribution < 1.29 is 0 Å². The third-order valence-electron chi connectivity index (χ3n) is 3.36. The van der Waals surface area contributed by atoms with Crippen LogP contribution < -0.4 is 10.9 Å². The SMILES string of the molecule is O=c1[nH]c2c(Br)cccc2cc1C1CCNC1. The largest absolute Gasteiger partial charge is 0.321 e. The quantitative estimate of drug-likeness (QED) is 0.848. The molecule has 3 rings (SSSR count). The maximum Gasteiger partial charge on any atom is 0.251 e. The molecule has 0 saturated carbocycles. The summed E-state index contributed by atoms with van der Waals surface area (Å²) >= 11 is 3.46. The van der Waals surface area contributed by atoms with Crippen molar-refractivity contribution in [2.24, 2.45) is 0 Å². The van der Waals surface area contributed by atoms with Crippen LogP contribution in [-0.2, 0) is 0 Å². The third kappa shape index (κ3) is 1.91. The summed E-state index contributed by atoms with van der Waals surface area (Å²) in [7, 11) is 0. The van der Waals surface area contributed by atoms with E-state index in [1.807, 2.05) is 24.3 Å². The Bertz CT molecular complexity index is 614. The second kappa shape index (κ2) is 4.27. The molecule has 3 nitrogen and oxygen atoms in total. The molecule has 2 heterocycles. The molecule has 0 aliphatic carbocycles. The fourth-order valence-electron chi connectivity index (χ4n) is 2.44. The fourth-order valence-corrected chi connectivity index (χ4v) is 2.92. The van der Waals surface area contributed by atoms with Gasteiger partial charge in [0.1, 0.15) is 0 Å². The van der Waals surface area contributed by atoms with Crippen molar-refractivity contribution in [1.29, 1.82) is 0 Å². The van der Waals surface area contributed by atoms with Gasteiger partial charge in [0.15, 0.2) is 0 Å². The van der Waals surface area contributed by atoms with Gasteiger partial charge in [-0.2, -0.15) is 0 Å². The lowest BCUT2D eigenvalue weighted by atomic mass is 9.98. The van der Waals surface area contributed by atoms with Gasteiger partial charge in [0.05, 0.1) is 5.52 Å². The van der Waals surface area contributed by atoms with E-state index < -0.39 is 0 Å². The molecule has 1 aromatic heterocycles. The maximum absolute atomic E-state index is 12.1. The number of H-pyrrole nitrogens is 1. The van der Waals surface area contributed by atoms with Gasteiger partial charge >= 0.3 is 0 Å². The highest BCUT2D eigenvalue weighted by molar-refractivity contribution is 9.10. The molecular weight excluding hydrogens is 280 g/mol. The summed E-state index contributed by atoms with van der Waals surface area (Å²) in [6.45, 7) is 1.91. The number of hydrogen-bond donors (Lipinski definition) is 2. The molecule has 1 unspecified atom stereocenters. The van der Waals surface area contributed by atoms with E-state index in [-0.39, 0.29) is 5.56 Å². The van der Waals surface area contributed by atoms with Gasteiger partial charge in [-0.25, -0.2) is 0 Å². The van der Waals surface area contributed by atoms with Crippen molar-refractivity contribution >= 4 is 26.8 Å². The zero-order chi connectivity index (χ0) is 11.8. The average Bonchev–Trinajstić information content (AvgIpc) is 2.83. The summed E-state index contributed by atoms with van der Waals surface area (Å²) in [5.41, 5.74) is 1.82. The van der Waals surface area contributed by atoms with E-state index in [9.17, 15) is 4.79 Å². The average molecular weight is 293 g/mol. The first-order valence-corrected chi connectivity index (χ1v) is 6.57. The number of nitrogens with one attached hydrogen (secondary N) is 2. The maximum atomic E-state index is 12.1. The molecule has 0 amide bonds. The van der Waals surface area contributed by atoms with Crippen LogP contribution >= 0.6 is 15.9 Å². The van der Waals surface area contributed by atoms with Crippen molar-refractivity contribution in [2.75, 3.05) is 13.1 Å². The Kier molecular flexibility index (Phi) is 2.76. The summed E-state index contributed by atoms with van der Waals surface area (Å²) in [6.07, 6.45) is 1.04. The van der Waals surface area contributed by atoms with E-state index in [1.165, 1.54) is 0 Å². The van der Waals surface area contributed by atoms with Crippen LogP contribution in [0.5, 0.6) is 0 Å². The van der Waals surface area contributed by atoms with Gasteiger partial charge in [-0.3, -0.25) is 4.79 Å². The summed E-state index contributed by atoms with van der Waals surface area (Å²) in [5.74, 6) is 0.349. The van der Waals surface area contributed by atoms with Crippen LogP contribution in [0.1, 0.15) is 17.9 Å². The van der Waals surface area contributed by atoms with E-state index in [4.69, 9.17) is 0 Å². The van der Waals surface area contributed by atoms with E-state index in [2.05, 4.69) is 26.2 Å². The molecule has 1 aromatic carbocycles. The molecule has 1 atom stereocenters. The first-order chi connectivity index (χ1) is 8.25. The van der Waals surface area contributed by atoms with Crippen molar-refractivity contribution in [3.8, 4) is 0 Å². The Morgan fingerprint density at radius 3 is 3.00 bits per heavy atom. The molecule has 17 heavy (non-hydrogen) atoms. The molecule has 1 saturated heterocycles. The molecular formula is C13H13BrN2O. The fraction of sp³-hybridized carbons (Fsp3) is 0.308. The minimum atomic E-state index is 0.0399. The Morgan fingerprint density at radius 1 is 1.35 bits per heavy atom. The number of aromatic amines is 1. The molecule has 2 aromatic rings. The van der Waals surface area contributed by atoms with Crippen LogP contribution in [0.4, 0.5) is 0 Å². The second-order valence-electron chi connectivity index (χ2n) is 4.45. The predicted molar refractivity (Wildman–Crippen MR) is 72.5 cm³/mol. The highest BCUT2D eigenvalue weighted by Crippen LogP contribution is 2.25. The molecule has 2 N–H and O–H groups in total. The van der Waals surface area contributed by atoms with Crippen molar-refractivity contribution in [3.63, 3.8) is 0 Å². The lowest BCUT2D eigenvalue weighted by molar-refractivity contribution is 0.753. The molecule has 1 aliphatic rings. The van der Waals surface area contributed by atoms with E-state index >= 15 is 0 Å². The van der Waals surface area contributed by atoms with Gasteiger partial charge < -0.3 is 10.3 Å². The van der Waals surface area contributed by atoms with E-state index in [0.29, 0.717) is 5.92 Å². The van der Waals surface area contributed by atoms with Crippen LogP contribution in [0.2, 0.25) is 0 Å².